The lowest BCUT2D eigenvalue weighted by atomic mass is 10.1. The minimum absolute atomic E-state index is 0. The average Bonchev–Trinajstić information content (AvgIpc) is 2.53. The Morgan fingerprint density at radius 1 is 1.29 bits per heavy atom. The highest BCUT2D eigenvalue weighted by molar-refractivity contribution is 7.89. The summed E-state index contributed by atoms with van der Waals surface area (Å²) in [5, 5.41) is 2.80. The van der Waals surface area contributed by atoms with Crippen LogP contribution in [0.2, 0.25) is 0 Å². The highest BCUT2D eigenvalue weighted by Crippen LogP contribution is 2.19. The Morgan fingerprint density at radius 3 is 2.38 bits per heavy atom. The summed E-state index contributed by atoms with van der Waals surface area (Å²) in [6.45, 7) is 9.03. The van der Waals surface area contributed by atoms with Crippen molar-refractivity contribution < 1.29 is 13.2 Å². The molecule has 0 spiro atoms. The van der Waals surface area contributed by atoms with Crippen LogP contribution >= 0.6 is 12.4 Å². The summed E-state index contributed by atoms with van der Waals surface area (Å²) < 4.78 is 26.5. The molecule has 138 valence electrons. The first-order valence-corrected chi connectivity index (χ1v) is 9.30. The van der Waals surface area contributed by atoms with Gasteiger partial charge in [0.1, 0.15) is 0 Å². The number of hydrogen-bond acceptors (Lipinski definition) is 4. The first kappa shape index (κ1) is 22.9. The summed E-state index contributed by atoms with van der Waals surface area (Å²) in [6.07, 6.45) is 0. The maximum Gasteiger partial charge on any atom is 0.251 e. The molecule has 0 bridgehead atoms. The van der Waals surface area contributed by atoms with Gasteiger partial charge >= 0.3 is 0 Å². The van der Waals surface area contributed by atoms with Crippen LogP contribution in [0.15, 0.2) is 23.1 Å². The second-order valence-corrected chi connectivity index (χ2v) is 7.55. The fourth-order valence-electron chi connectivity index (χ4n) is 2.16. The highest BCUT2D eigenvalue weighted by atomic mass is 35.5. The van der Waals surface area contributed by atoms with Crippen LogP contribution in [0.3, 0.4) is 0 Å². The van der Waals surface area contributed by atoms with Crippen molar-refractivity contribution in [2.75, 3.05) is 26.2 Å². The summed E-state index contributed by atoms with van der Waals surface area (Å²) in [6, 6.07) is 4.66. The van der Waals surface area contributed by atoms with Gasteiger partial charge in [0.05, 0.1) is 4.90 Å². The van der Waals surface area contributed by atoms with Gasteiger partial charge in [-0.1, -0.05) is 26.8 Å². The monoisotopic (exact) mass is 377 g/mol. The molecule has 1 atom stereocenters. The Balaban J connectivity index is 0.00000529. The predicted molar refractivity (Wildman–Crippen MR) is 99.1 cm³/mol. The van der Waals surface area contributed by atoms with Crippen LogP contribution in [0.1, 0.15) is 36.7 Å². The maximum absolute atomic E-state index is 12.6. The molecule has 3 N–H and O–H groups in total. The third kappa shape index (κ3) is 5.44. The number of halogens is 1. The number of carbonyl (C=O) groups excluding carboxylic acids is 1. The third-order valence-electron chi connectivity index (χ3n) is 3.81. The number of benzene rings is 1. The maximum atomic E-state index is 12.6. The molecule has 1 aromatic rings. The van der Waals surface area contributed by atoms with Gasteiger partial charge in [-0.15, -0.1) is 12.4 Å². The lowest BCUT2D eigenvalue weighted by Gasteiger charge is -2.19. The lowest BCUT2D eigenvalue weighted by molar-refractivity contribution is 0.0947. The van der Waals surface area contributed by atoms with E-state index in [1.807, 2.05) is 6.92 Å². The largest absolute Gasteiger partial charge is 0.352 e. The van der Waals surface area contributed by atoms with Crippen molar-refractivity contribution in [3.05, 3.63) is 29.3 Å². The van der Waals surface area contributed by atoms with Gasteiger partial charge in [0.2, 0.25) is 10.0 Å². The second-order valence-electron chi connectivity index (χ2n) is 5.62. The van der Waals surface area contributed by atoms with Crippen molar-refractivity contribution in [1.29, 1.82) is 0 Å². The van der Waals surface area contributed by atoms with E-state index >= 15 is 0 Å². The van der Waals surface area contributed by atoms with Crippen LogP contribution in [-0.4, -0.2) is 44.8 Å². The van der Waals surface area contributed by atoms with E-state index in [1.165, 1.54) is 10.4 Å². The van der Waals surface area contributed by atoms with Crippen LogP contribution in [0, 0.1) is 12.8 Å². The number of aryl methyl sites for hydroxylation is 1. The fraction of sp³-hybridized carbons (Fsp3) is 0.562. The molecule has 0 saturated heterocycles. The van der Waals surface area contributed by atoms with Crippen molar-refractivity contribution >= 4 is 28.3 Å². The molecule has 0 radical (unpaired) electrons. The van der Waals surface area contributed by atoms with Gasteiger partial charge in [-0.05, 0) is 37.1 Å². The van der Waals surface area contributed by atoms with Crippen LogP contribution in [0.4, 0.5) is 0 Å². The molecular formula is C16H28ClN3O3S. The molecule has 0 heterocycles. The standard InChI is InChI=1S/C16H27N3O3S.ClH/c1-5-19(6-2)23(21,22)14-8-7-13(4)15(9-14)16(20)18-11-12(3)10-17;/h7-9,12H,5-6,10-11,17H2,1-4H3,(H,18,20);1H. The van der Waals surface area contributed by atoms with Gasteiger partial charge in [0.15, 0.2) is 0 Å². The van der Waals surface area contributed by atoms with Crippen molar-refractivity contribution in [2.24, 2.45) is 11.7 Å². The normalized spacial score (nSPS) is 12.6. The third-order valence-corrected chi connectivity index (χ3v) is 5.86. The van der Waals surface area contributed by atoms with E-state index in [-0.39, 0.29) is 29.1 Å². The summed E-state index contributed by atoms with van der Waals surface area (Å²) in [5.41, 5.74) is 6.65. The van der Waals surface area contributed by atoms with Gasteiger partial charge < -0.3 is 11.1 Å². The van der Waals surface area contributed by atoms with Gasteiger partial charge in [-0.2, -0.15) is 4.31 Å². The van der Waals surface area contributed by atoms with Crippen LogP contribution in [0.5, 0.6) is 0 Å². The Labute approximate surface area is 151 Å². The van der Waals surface area contributed by atoms with Gasteiger partial charge in [-0.3, -0.25) is 4.79 Å². The Bertz CT molecular complexity index is 646. The molecule has 1 unspecified atom stereocenters. The number of rotatable bonds is 8. The predicted octanol–water partition coefficient (Wildman–Crippen LogP) is 1.77. The molecule has 8 heteroatoms. The molecule has 1 aromatic carbocycles. The molecule has 0 aliphatic rings. The number of amides is 1. The van der Waals surface area contributed by atoms with E-state index in [9.17, 15) is 13.2 Å². The van der Waals surface area contributed by atoms with E-state index < -0.39 is 10.0 Å². The Morgan fingerprint density at radius 2 is 1.88 bits per heavy atom. The highest BCUT2D eigenvalue weighted by Gasteiger charge is 2.23. The van der Waals surface area contributed by atoms with Crippen LogP contribution in [-0.2, 0) is 10.0 Å². The molecule has 0 aliphatic carbocycles. The minimum Gasteiger partial charge on any atom is -0.352 e. The van der Waals surface area contributed by atoms with E-state index in [4.69, 9.17) is 5.73 Å². The fourth-order valence-corrected chi connectivity index (χ4v) is 3.65. The zero-order chi connectivity index (χ0) is 17.6. The van der Waals surface area contributed by atoms with Crippen molar-refractivity contribution in [3.63, 3.8) is 0 Å². The topological polar surface area (TPSA) is 92.5 Å². The first-order valence-electron chi connectivity index (χ1n) is 7.86. The molecule has 0 fully saturated rings. The number of nitrogens with one attached hydrogen (secondary N) is 1. The Kier molecular flexibility index (Phi) is 9.50. The second kappa shape index (κ2) is 9.98. The molecule has 6 nitrogen and oxygen atoms in total. The summed E-state index contributed by atoms with van der Waals surface area (Å²) in [7, 11) is -3.58. The first-order chi connectivity index (χ1) is 10.8. The molecule has 0 saturated carbocycles. The summed E-state index contributed by atoms with van der Waals surface area (Å²) >= 11 is 0. The molecule has 0 aliphatic heterocycles. The number of nitrogens with two attached hydrogens (primary N) is 1. The number of carbonyl (C=O) groups is 1. The van der Waals surface area contributed by atoms with E-state index in [2.05, 4.69) is 5.32 Å². The van der Waals surface area contributed by atoms with Gasteiger partial charge in [-0.25, -0.2) is 8.42 Å². The van der Waals surface area contributed by atoms with Crippen molar-refractivity contribution in [1.82, 2.24) is 9.62 Å². The Hall–Kier alpha value is -1.15. The van der Waals surface area contributed by atoms with Crippen LogP contribution < -0.4 is 11.1 Å². The SMILES string of the molecule is CCN(CC)S(=O)(=O)c1ccc(C)c(C(=O)NCC(C)CN)c1.Cl. The molecule has 0 aromatic heterocycles. The molecule has 1 rings (SSSR count). The van der Waals surface area contributed by atoms with Crippen molar-refractivity contribution in [3.8, 4) is 0 Å². The quantitative estimate of drug-likeness (QED) is 0.722. The zero-order valence-corrected chi connectivity index (χ0v) is 16.3. The summed E-state index contributed by atoms with van der Waals surface area (Å²) in [5.74, 6) is -0.110. The average molecular weight is 378 g/mol. The molecule has 24 heavy (non-hydrogen) atoms. The minimum atomic E-state index is -3.58. The molecule has 1 amide bonds. The van der Waals surface area contributed by atoms with Gasteiger partial charge in [0, 0.05) is 25.2 Å². The number of sulfonamides is 1. The number of nitrogens with zero attached hydrogens (tertiary/aromatic N) is 1. The zero-order valence-electron chi connectivity index (χ0n) is 14.7. The van der Waals surface area contributed by atoms with E-state index in [1.54, 1.807) is 32.9 Å². The van der Waals surface area contributed by atoms with Crippen molar-refractivity contribution in [2.45, 2.75) is 32.6 Å². The lowest BCUT2D eigenvalue weighted by Crippen LogP contribution is -2.33. The van der Waals surface area contributed by atoms with E-state index in [0.717, 1.165) is 5.56 Å². The molecular weight excluding hydrogens is 350 g/mol. The van der Waals surface area contributed by atoms with Gasteiger partial charge in [0.25, 0.3) is 5.91 Å². The van der Waals surface area contributed by atoms with Crippen LogP contribution in [0.25, 0.3) is 0 Å². The summed E-state index contributed by atoms with van der Waals surface area (Å²) in [4.78, 5) is 12.5. The smallest absolute Gasteiger partial charge is 0.251 e. The van der Waals surface area contributed by atoms with E-state index in [0.29, 0.717) is 31.7 Å². The number of hydrogen-bond donors (Lipinski definition) is 2.